The van der Waals surface area contributed by atoms with Gasteiger partial charge in [0.25, 0.3) is 7.82 Å². The molecule has 0 rings (SSSR count). The number of phosphoric acid groups is 1. The normalized spacial score (nSPS) is 14.6. The number of aliphatic hydroxyl groups is 1. The molecule has 0 aliphatic heterocycles. The average molecular weight is 705 g/mol. The van der Waals surface area contributed by atoms with Crippen molar-refractivity contribution in [2.24, 2.45) is 0 Å². The number of nitrogens with zero attached hydrogens (tertiary/aromatic N) is 1. The first kappa shape index (κ1) is 47.5. The summed E-state index contributed by atoms with van der Waals surface area (Å²) in [7, 11) is 1.31. The summed E-state index contributed by atoms with van der Waals surface area (Å²) in [4.78, 5) is 25.2. The average Bonchev–Trinajstić information content (AvgIpc) is 3.02. The summed E-state index contributed by atoms with van der Waals surface area (Å²) < 4.78 is 23.2. The Balaban J connectivity index is 4.37. The van der Waals surface area contributed by atoms with Crippen molar-refractivity contribution in [1.82, 2.24) is 5.32 Å². The van der Waals surface area contributed by atoms with Crippen molar-refractivity contribution in [2.75, 3.05) is 40.9 Å². The van der Waals surface area contributed by atoms with E-state index in [1.165, 1.54) is 128 Å². The molecule has 3 atom stereocenters. The monoisotopic (exact) mass is 705 g/mol. The standard InChI is InChI=1S/C39H81N2O6P/c1-6-8-10-12-14-16-18-19-20-21-22-23-24-26-28-30-32-38(42)37(36-47-48(44,45)46-35-34-41(3,4)5)40-39(43)33-31-29-27-25-17-15-13-11-9-7-2/h37-38,42H,6-36H2,1-5H3,(H-,40,43,44,45)/t37-,38+/m1/s1. The molecule has 0 fully saturated rings. The number of likely N-dealkylation sites (N-methyl/N-ethyl adjacent to an activating group) is 1. The van der Waals surface area contributed by atoms with E-state index in [2.05, 4.69) is 19.2 Å². The molecule has 1 unspecified atom stereocenters. The molecule has 1 amide bonds. The number of carbonyl (C=O) groups is 1. The van der Waals surface area contributed by atoms with Gasteiger partial charge in [0.15, 0.2) is 0 Å². The number of hydrogen-bond acceptors (Lipinski definition) is 6. The van der Waals surface area contributed by atoms with Crippen LogP contribution in [0, 0.1) is 0 Å². The second kappa shape index (κ2) is 32.4. The van der Waals surface area contributed by atoms with E-state index in [0.717, 1.165) is 38.5 Å². The van der Waals surface area contributed by atoms with Gasteiger partial charge < -0.3 is 28.8 Å². The van der Waals surface area contributed by atoms with Crippen molar-refractivity contribution in [3.05, 3.63) is 0 Å². The minimum Gasteiger partial charge on any atom is -0.756 e. The van der Waals surface area contributed by atoms with Gasteiger partial charge in [-0.1, -0.05) is 174 Å². The first-order valence-corrected chi connectivity index (χ1v) is 21.8. The molecule has 0 bridgehead atoms. The quantitative estimate of drug-likeness (QED) is 0.0379. The summed E-state index contributed by atoms with van der Waals surface area (Å²) in [5.41, 5.74) is 0. The summed E-state index contributed by atoms with van der Waals surface area (Å²) in [5.74, 6) is -0.166. The molecule has 0 saturated heterocycles. The fraction of sp³-hybridized carbons (Fsp3) is 0.974. The molecule has 2 N–H and O–H groups in total. The number of aliphatic hydroxyl groups excluding tert-OH is 1. The van der Waals surface area contributed by atoms with Crippen LogP contribution in [0.4, 0.5) is 0 Å². The van der Waals surface area contributed by atoms with Crippen LogP contribution >= 0.6 is 7.82 Å². The number of unbranched alkanes of at least 4 members (excludes halogenated alkanes) is 24. The van der Waals surface area contributed by atoms with Gasteiger partial charge in [-0.2, -0.15) is 0 Å². The van der Waals surface area contributed by atoms with Crippen molar-refractivity contribution in [3.63, 3.8) is 0 Å². The van der Waals surface area contributed by atoms with E-state index < -0.39 is 20.0 Å². The summed E-state index contributed by atoms with van der Waals surface area (Å²) in [6.45, 7) is 4.71. The van der Waals surface area contributed by atoms with E-state index >= 15 is 0 Å². The highest BCUT2D eigenvalue weighted by Crippen LogP contribution is 2.38. The van der Waals surface area contributed by atoms with Crippen LogP contribution in [-0.4, -0.2) is 68.5 Å². The van der Waals surface area contributed by atoms with Gasteiger partial charge in [0.2, 0.25) is 5.91 Å². The van der Waals surface area contributed by atoms with E-state index in [9.17, 15) is 19.4 Å². The first-order chi connectivity index (χ1) is 23.0. The number of hydrogen-bond donors (Lipinski definition) is 2. The van der Waals surface area contributed by atoms with Gasteiger partial charge in [-0.25, -0.2) is 0 Å². The van der Waals surface area contributed by atoms with E-state index in [1.807, 2.05) is 21.1 Å². The van der Waals surface area contributed by atoms with Crippen LogP contribution in [0.1, 0.15) is 194 Å². The second-order valence-electron chi connectivity index (χ2n) is 15.4. The summed E-state index contributed by atoms with van der Waals surface area (Å²) in [6, 6.07) is -0.791. The lowest BCUT2D eigenvalue weighted by molar-refractivity contribution is -0.870. The van der Waals surface area contributed by atoms with Crippen LogP contribution in [0.15, 0.2) is 0 Å². The maximum Gasteiger partial charge on any atom is 0.268 e. The zero-order valence-corrected chi connectivity index (χ0v) is 33.4. The van der Waals surface area contributed by atoms with Crippen LogP contribution in [0.5, 0.6) is 0 Å². The summed E-state index contributed by atoms with van der Waals surface area (Å²) in [5, 5.41) is 13.8. The lowest BCUT2D eigenvalue weighted by atomic mass is 10.0. The minimum atomic E-state index is -4.55. The lowest BCUT2D eigenvalue weighted by Crippen LogP contribution is -2.46. The first-order valence-electron chi connectivity index (χ1n) is 20.4. The molecule has 0 spiro atoms. The number of rotatable bonds is 37. The molecule has 0 aromatic heterocycles. The Hall–Kier alpha value is -0.500. The predicted octanol–water partition coefficient (Wildman–Crippen LogP) is 10.0. The SMILES string of the molecule is CCCCCCCCCCCCCCCCCC[C@H](O)[C@@H](COP(=O)([O-])OCC[N+](C)(C)C)NC(=O)CCCCCCCCCCCC. The molecular weight excluding hydrogens is 623 g/mol. The number of nitrogens with one attached hydrogen (secondary N) is 1. The Kier molecular flexibility index (Phi) is 32.1. The third-order valence-electron chi connectivity index (χ3n) is 9.35. The molecule has 0 saturated carbocycles. The molecule has 0 aromatic carbocycles. The highest BCUT2D eigenvalue weighted by atomic mass is 31.2. The number of amides is 1. The zero-order valence-electron chi connectivity index (χ0n) is 32.5. The molecule has 0 aliphatic rings. The van der Waals surface area contributed by atoms with Crippen molar-refractivity contribution >= 4 is 13.7 Å². The third-order valence-corrected chi connectivity index (χ3v) is 10.3. The fourth-order valence-corrected chi connectivity index (χ4v) is 6.76. The van der Waals surface area contributed by atoms with E-state index in [4.69, 9.17) is 9.05 Å². The molecule has 0 aromatic rings. The third kappa shape index (κ3) is 34.0. The lowest BCUT2D eigenvalue weighted by Gasteiger charge is -2.30. The highest BCUT2D eigenvalue weighted by molar-refractivity contribution is 7.45. The maximum atomic E-state index is 12.8. The topological polar surface area (TPSA) is 108 Å². The van der Waals surface area contributed by atoms with E-state index in [-0.39, 0.29) is 19.1 Å². The maximum absolute atomic E-state index is 12.8. The van der Waals surface area contributed by atoms with Crippen LogP contribution < -0.4 is 10.2 Å². The van der Waals surface area contributed by atoms with Gasteiger partial charge in [-0.3, -0.25) is 9.36 Å². The fourth-order valence-electron chi connectivity index (χ4n) is 6.04. The molecule has 0 aliphatic carbocycles. The van der Waals surface area contributed by atoms with Crippen LogP contribution in [0.25, 0.3) is 0 Å². The largest absolute Gasteiger partial charge is 0.756 e. The Labute approximate surface area is 298 Å². The number of quaternary nitrogens is 1. The van der Waals surface area contributed by atoms with Gasteiger partial charge in [0, 0.05) is 6.42 Å². The molecule has 0 radical (unpaired) electrons. The molecule has 0 heterocycles. The van der Waals surface area contributed by atoms with E-state index in [1.54, 1.807) is 0 Å². The van der Waals surface area contributed by atoms with Crippen molar-refractivity contribution in [2.45, 2.75) is 206 Å². The molecular formula is C39H81N2O6P. The zero-order chi connectivity index (χ0) is 35.8. The molecule has 48 heavy (non-hydrogen) atoms. The second-order valence-corrected chi connectivity index (χ2v) is 16.8. The number of phosphoric ester groups is 1. The van der Waals surface area contributed by atoms with Crippen molar-refractivity contribution in [3.8, 4) is 0 Å². The van der Waals surface area contributed by atoms with Crippen LogP contribution in [-0.2, 0) is 18.4 Å². The summed E-state index contributed by atoms with van der Waals surface area (Å²) in [6.07, 6.45) is 32.4. The van der Waals surface area contributed by atoms with Crippen LogP contribution in [0.2, 0.25) is 0 Å². The molecule has 288 valence electrons. The Morgan fingerprint density at radius 2 is 1.02 bits per heavy atom. The molecule has 8 nitrogen and oxygen atoms in total. The van der Waals surface area contributed by atoms with Crippen molar-refractivity contribution in [1.29, 1.82) is 0 Å². The van der Waals surface area contributed by atoms with Gasteiger partial charge in [0.1, 0.15) is 13.2 Å². The predicted molar refractivity (Wildman–Crippen MR) is 201 cm³/mol. The molecule has 9 heteroatoms. The minimum absolute atomic E-state index is 0.0157. The van der Waals surface area contributed by atoms with Gasteiger partial charge >= 0.3 is 0 Å². The highest BCUT2D eigenvalue weighted by Gasteiger charge is 2.24. The van der Waals surface area contributed by atoms with Gasteiger partial charge in [-0.15, -0.1) is 0 Å². The van der Waals surface area contributed by atoms with Crippen LogP contribution in [0.3, 0.4) is 0 Å². The number of carbonyl (C=O) groups excluding carboxylic acids is 1. The Morgan fingerprint density at radius 1 is 0.646 bits per heavy atom. The Morgan fingerprint density at radius 3 is 1.42 bits per heavy atom. The van der Waals surface area contributed by atoms with Gasteiger partial charge in [0.05, 0.1) is 39.9 Å². The van der Waals surface area contributed by atoms with E-state index in [0.29, 0.717) is 23.9 Å². The Bertz CT molecular complexity index is 763. The van der Waals surface area contributed by atoms with Crippen molar-refractivity contribution < 1.29 is 32.9 Å². The smallest absolute Gasteiger partial charge is 0.268 e. The van der Waals surface area contributed by atoms with Gasteiger partial charge in [-0.05, 0) is 12.8 Å². The summed E-state index contributed by atoms with van der Waals surface area (Å²) >= 11 is 0.